The molecule has 3 nitrogen and oxygen atoms in total. The Labute approximate surface area is 122 Å². The Morgan fingerprint density at radius 1 is 1.30 bits per heavy atom. The van der Waals surface area contributed by atoms with Gasteiger partial charge in [-0.3, -0.25) is 4.79 Å². The van der Waals surface area contributed by atoms with Crippen molar-refractivity contribution in [2.45, 2.75) is 6.54 Å². The molecule has 0 aliphatic heterocycles. The lowest BCUT2D eigenvalue weighted by atomic mass is 10.2. The van der Waals surface area contributed by atoms with Crippen LogP contribution < -0.4 is 0 Å². The Hall–Kier alpha value is -1.85. The van der Waals surface area contributed by atoms with Crippen LogP contribution in [0.25, 0.3) is 21.5 Å². The van der Waals surface area contributed by atoms with Crippen LogP contribution in [0, 0.1) is 5.82 Å². The molecule has 0 fully saturated rings. The number of fused-ring (bicyclic) bond motifs is 1. The van der Waals surface area contributed by atoms with Crippen LogP contribution in [0.2, 0.25) is 4.34 Å². The van der Waals surface area contributed by atoms with Gasteiger partial charge in [-0.15, -0.1) is 11.3 Å². The number of carboxylic acid groups (broad SMARTS) is 1. The predicted molar refractivity (Wildman–Crippen MR) is 77.9 cm³/mol. The van der Waals surface area contributed by atoms with Gasteiger partial charge in [-0.1, -0.05) is 11.6 Å². The van der Waals surface area contributed by atoms with Gasteiger partial charge < -0.3 is 9.67 Å². The molecular formula is C14H9ClFNO2S. The highest BCUT2D eigenvalue weighted by Crippen LogP contribution is 2.35. The largest absolute Gasteiger partial charge is 0.480 e. The van der Waals surface area contributed by atoms with E-state index in [0.29, 0.717) is 15.2 Å². The molecule has 0 aliphatic rings. The number of rotatable bonds is 3. The van der Waals surface area contributed by atoms with E-state index >= 15 is 0 Å². The number of halogens is 2. The fraction of sp³-hybridized carbons (Fsp3) is 0.0714. The third-order valence-electron chi connectivity index (χ3n) is 2.98. The first-order valence-corrected chi connectivity index (χ1v) is 7.00. The average Bonchev–Trinajstić information content (AvgIpc) is 2.93. The van der Waals surface area contributed by atoms with Crippen LogP contribution in [0.4, 0.5) is 4.39 Å². The summed E-state index contributed by atoms with van der Waals surface area (Å²) in [6.07, 6.45) is 0. The molecule has 0 unspecified atom stereocenters. The monoisotopic (exact) mass is 309 g/mol. The first kappa shape index (κ1) is 13.1. The lowest BCUT2D eigenvalue weighted by molar-refractivity contribution is -0.137. The molecule has 1 aromatic carbocycles. The molecule has 2 aromatic heterocycles. The summed E-state index contributed by atoms with van der Waals surface area (Å²) in [6, 6.07) is 9.68. The van der Waals surface area contributed by atoms with Crippen molar-refractivity contribution >= 4 is 39.8 Å². The van der Waals surface area contributed by atoms with Crippen molar-refractivity contribution in [1.29, 1.82) is 0 Å². The molecule has 0 radical (unpaired) electrons. The topological polar surface area (TPSA) is 42.2 Å². The lowest BCUT2D eigenvalue weighted by Crippen LogP contribution is -2.09. The van der Waals surface area contributed by atoms with Crippen LogP contribution in [0.5, 0.6) is 0 Å². The Morgan fingerprint density at radius 2 is 2.10 bits per heavy atom. The van der Waals surface area contributed by atoms with E-state index in [0.717, 1.165) is 10.6 Å². The summed E-state index contributed by atoms with van der Waals surface area (Å²) in [5.74, 6) is -1.29. The Morgan fingerprint density at radius 3 is 2.75 bits per heavy atom. The van der Waals surface area contributed by atoms with E-state index in [4.69, 9.17) is 16.7 Å². The second kappa shape index (κ2) is 4.92. The van der Waals surface area contributed by atoms with Crippen molar-refractivity contribution < 1.29 is 14.3 Å². The van der Waals surface area contributed by atoms with Crippen LogP contribution >= 0.6 is 22.9 Å². The lowest BCUT2D eigenvalue weighted by Gasteiger charge is -2.06. The number of hydrogen-bond acceptors (Lipinski definition) is 2. The molecule has 0 spiro atoms. The second-order valence-electron chi connectivity index (χ2n) is 4.32. The third kappa shape index (κ3) is 2.30. The number of aliphatic carboxylic acids is 1. The van der Waals surface area contributed by atoms with Crippen LogP contribution in [0.1, 0.15) is 0 Å². The number of nitrogens with zero attached hydrogens (tertiary/aromatic N) is 1. The summed E-state index contributed by atoms with van der Waals surface area (Å²) in [5, 5.41) is 9.73. The molecule has 3 rings (SSSR count). The zero-order chi connectivity index (χ0) is 14.3. The molecule has 20 heavy (non-hydrogen) atoms. The number of carbonyl (C=O) groups is 1. The molecule has 0 amide bonds. The highest BCUT2D eigenvalue weighted by Gasteiger charge is 2.15. The minimum Gasteiger partial charge on any atom is -0.480 e. The first-order valence-electron chi connectivity index (χ1n) is 5.81. The number of thiophene rings is 1. The van der Waals surface area contributed by atoms with Gasteiger partial charge >= 0.3 is 5.97 Å². The van der Waals surface area contributed by atoms with Crippen LogP contribution in [-0.2, 0) is 11.3 Å². The molecule has 0 aliphatic carbocycles. The molecule has 102 valence electrons. The third-order valence-corrected chi connectivity index (χ3v) is 4.24. The van der Waals surface area contributed by atoms with Crippen molar-refractivity contribution in [2.75, 3.05) is 0 Å². The second-order valence-corrected chi connectivity index (χ2v) is 6.03. The van der Waals surface area contributed by atoms with Gasteiger partial charge in [0.25, 0.3) is 0 Å². The Kier molecular flexibility index (Phi) is 3.23. The summed E-state index contributed by atoms with van der Waals surface area (Å²) in [4.78, 5) is 11.9. The van der Waals surface area contributed by atoms with Crippen molar-refractivity contribution in [3.63, 3.8) is 0 Å². The summed E-state index contributed by atoms with van der Waals surface area (Å²) in [5.41, 5.74) is 1.42. The maximum Gasteiger partial charge on any atom is 0.323 e. The van der Waals surface area contributed by atoms with Crippen LogP contribution in [-0.4, -0.2) is 15.6 Å². The molecule has 6 heteroatoms. The van der Waals surface area contributed by atoms with Gasteiger partial charge in [0.2, 0.25) is 0 Å². The minimum atomic E-state index is -0.948. The van der Waals surface area contributed by atoms with Gasteiger partial charge in [-0.05, 0) is 36.4 Å². The quantitative estimate of drug-likeness (QED) is 0.786. The molecular weight excluding hydrogens is 301 g/mol. The number of benzene rings is 1. The highest BCUT2D eigenvalue weighted by molar-refractivity contribution is 7.19. The molecule has 0 saturated carbocycles. The molecule has 0 atom stereocenters. The minimum absolute atomic E-state index is 0.181. The summed E-state index contributed by atoms with van der Waals surface area (Å²) < 4.78 is 15.6. The SMILES string of the molecule is O=C(O)Cn1c(-c2ccc(Cl)s2)cc2cc(F)ccc21. The van der Waals surface area contributed by atoms with E-state index in [2.05, 4.69) is 0 Å². The Balaban J connectivity index is 2.26. The average molecular weight is 310 g/mol. The van der Waals surface area contributed by atoms with E-state index in [-0.39, 0.29) is 12.4 Å². The highest BCUT2D eigenvalue weighted by atomic mass is 35.5. The van der Waals surface area contributed by atoms with Crippen molar-refractivity contribution in [3.8, 4) is 10.6 Å². The van der Waals surface area contributed by atoms with Crippen molar-refractivity contribution in [2.24, 2.45) is 0 Å². The van der Waals surface area contributed by atoms with Crippen molar-refractivity contribution in [3.05, 3.63) is 46.6 Å². The van der Waals surface area contributed by atoms with Gasteiger partial charge in [-0.2, -0.15) is 0 Å². The van der Waals surface area contributed by atoms with Crippen LogP contribution in [0.3, 0.4) is 0 Å². The molecule has 3 aromatic rings. The van der Waals surface area contributed by atoms with Gasteiger partial charge in [0.15, 0.2) is 0 Å². The smallest absolute Gasteiger partial charge is 0.323 e. The number of carboxylic acids is 1. The van der Waals surface area contributed by atoms with Gasteiger partial charge in [0.1, 0.15) is 12.4 Å². The predicted octanol–water partition coefficient (Wildman–Crippen LogP) is 4.25. The van der Waals surface area contributed by atoms with E-state index in [9.17, 15) is 9.18 Å². The van der Waals surface area contributed by atoms with E-state index < -0.39 is 5.97 Å². The summed E-state index contributed by atoms with van der Waals surface area (Å²) in [7, 11) is 0. The number of aromatic nitrogens is 1. The zero-order valence-electron chi connectivity index (χ0n) is 10.1. The maximum atomic E-state index is 13.3. The normalized spacial score (nSPS) is 11.1. The standard InChI is InChI=1S/C14H9ClFNO2S/c15-13-4-3-12(20-13)11-6-8-5-9(16)1-2-10(8)17(11)7-14(18)19/h1-6H,7H2,(H,18,19). The van der Waals surface area contributed by atoms with E-state index in [1.807, 2.05) is 6.07 Å². The molecule has 0 saturated heterocycles. The first-order chi connectivity index (χ1) is 9.54. The van der Waals surface area contributed by atoms with Gasteiger partial charge in [0.05, 0.1) is 14.9 Å². The molecule has 1 N–H and O–H groups in total. The van der Waals surface area contributed by atoms with Gasteiger partial charge in [0, 0.05) is 10.9 Å². The van der Waals surface area contributed by atoms with E-state index in [1.165, 1.54) is 23.5 Å². The Bertz CT molecular complexity index is 809. The van der Waals surface area contributed by atoms with Crippen molar-refractivity contribution in [1.82, 2.24) is 4.57 Å². The van der Waals surface area contributed by atoms with Crippen LogP contribution in [0.15, 0.2) is 36.4 Å². The molecule has 0 bridgehead atoms. The fourth-order valence-corrected chi connectivity index (χ4v) is 3.27. The molecule has 2 heterocycles. The number of hydrogen-bond donors (Lipinski definition) is 1. The summed E-state index contributed by atoms with van der Waals surface area (Å²) >= 11 is 7.28. The maximum absolute atomic E-state index is 13.3. The van der Waals surface area contributed by atoms with Gasteiger partial charge in [-0.25, -0.2) is 4.39 Å². The summed E-state index contributed by atoms with van der Waals surface area (Å²) in [6.45, 7) is -0.181. The zero-order valence-corrected chi connectivity index (χ0v) is 11.7. The fourth-order valence-electron chi connectivity index (χ4n) is 2.20. The van der Waals surface area contributed by atoms with E-state index in [1.54, 1.807) is 22.8 Å².